The number of pyridine rings is 1. The molecule has 1 aliphatic rings. The number of hydrogen-bond acceptors (Lipinski definition) is 5. The van der Waals surface area contributed by atoms with Gasteiger partial charge in [-0.2, -0.15) is 0 Å². The van der Waals surface area contributed by atoms with Crippen molar-refractivity contribution in [2.45, 2.75) is 12.8 Å². The highest BCUT2D eigenvalue weighted by molar-refractivity contribution is 7.15. The Balaban J connectivity index is 1.40. The first-order chi connectivity index (χ1) is 12.2. The Morgan fingerprint density at radius 3 is 3.04 bits per heavy atom. The number of thiazole rings is 1. The Kier molecular flexibility index (Phi) is 4.38. The van der Waals surface area contributed by atoms with Crippen LogP contribution in [0.1, 0.15) is 16.1 Å². The largest absolute Gasteiger partial charge is 0.375 e. The zero-order chi connectivity index (χ0) is 17.2. The van der Waals surface area contributed by atoms with Gasteiger partial charge in [0.05, 0.1) is 5.69 Å². The highest BCUT2D eigenvalue weighted by Gasteiger charge is 2.16. The molecule has 3 N–H and O–H groups in total. The van der Waals surface area contributed by atoms with Gasteiger partial charge in [-0.15, -0.1) is 11.3 Å². The van der Waals surface area contributed by atoms with Crippen molar-refractivity contribution in [3.05, 3.63) is 62.9 Å². The molecule has 6 heteroatoms. The van der Waals surface area contributed by atoms with Gasteiger partial charge in [0, 0.05) is 42.5 Å². The van der Waals surface area contributed by atoms with Crippen LogP contribution in [0.3, 0.4) is 0 Å². The Labute approximate surface area is 149 Å². The van der Waals surface area contributed by atoms with E-state index in [0.717, 1.165) is 48.9 Å². The number of fused-ring (bicyclic) bond motifs is 2. The highest BCUT2D eigenvalue weighted by atomic mass is 32.1. The molecule has 4 rings (SSSR count). The van der Waals surface area contributed by atoms with E-state index in [4.69, 9.17) is 5.73 Å². The van der Waals surface area contributed by atoms with Gasteiger partial charge in [-0.1, -0.05) is 18.2 Å². The molecule has 3 aromatic rings. The summed E-state index contributed by atoms with van der Waals surface area (Å²) in [7, 11) is 0. The summed E-state index contributed by atoms with van der Waals surface area (Å²) < 4.78 is 0. The summed E-state index contributed by atoms with van der Waals surface area (Å²) in [6, 6.07) is 9.50. The van der Waals surface area contributed by atoms with E-state index in [-0.39, 0.29) is 5.56 Å². The number of hydrogen-bond donors (Lipinski definition) is 2. The van der Waals surface area contributed by atoms with Crippen molar-refractivity contribution in [3.63, 3.8) is 0 Å². The number of aromatic nitrogens is 2. The lowest BCUT2D eigenvalue weighted by Gasteiger charge is -2.17. The fourth-order valence-corrected chi connectivity index (χ4v) is 4.09. The average Bonchev–Trinajstić information content (AvgIpc) is 2.86. The van der Waals surface area contributed by atoms with Crippen LogP contribution in [0.25, 0.3) is 17.0 Å². The predicted octanol–water partition coefficient (Wildman–Crippen LogP) is 2.68. The predicted molar refractivity (Wildman–Crippen MR) is 104 cm³/mol. The van der Waals surface area contributed by atoms with E-state index in [1.54, 1.807) is 17.4 Å². The Hall–Kier alpha value is -2.44. The van der Waals surface area contributed by atoms with Gasteiger partial charge in [-0.3, -0.25) is 9.69 Å². The first kappa shape index (κ1) is 16.1. The Morgan fingerprint density at radius 1 is 1.24 bits per heavy atom. The maximum atomic E-state index is 11.3. The van der Waals surface area contributed by atoms with Crippen molar-refractivity contribution in [1.29, 1.82) is 0 Å². The van der Waals surface area contributed by atoms with Gasteiger partial charge in [-0.25, -0.2) is 4.98 Å². The van der Waals surface area contributed by atoms with E-state index >= 15 is 0 Å². The molecule has 0 saturated heterocycles. The molecule has 1 aliphatic heterocycles. The minimum atomic E-state index is -0.0679. The van der Waals surface area contributed by atoms with E-state index in [1.807, 2.05) is 18.2 Å². The zero-order valence-electron chi connectivity index (χ0n) is 13.9. The van der Waals surface area contributed by atoms with Gasteiger partial charge >= 0.3 is 0 Å². The molecule has 0 radical (unpaired) electrons. The molecule has 0 spiro atoms. The van der Waals surface area contributed by atoms with Gasteiger partial charge in [-0.05, 0) is 35.6 Å². The molecule has 0 fully saturated rings. The summed E-state index contributed by atoms with van der Waals surface area (Å²) in [6.07, 6.45) is 6.34. The summed E-state index contributed by atoms with van der Waals surface area (Å²) in [5.74, 6) is 0. The molecular formula is C19H20N4OS. The maximum Gasteiger partial charge on any atom is 0.248 e. The molecular weight excluding hydrogens is 332 g/mol. The smallest absolute Gasteiger partial charge is 0.248 e. The topological polar surface area (TPSA) is 75.0 Å². The monoisotopic (exact) mass is 352 g/mol. The van der Waals surface area contributed by atoms with Crippen LogP contribution >= 0.6 is 11.3 Å². The zero-order valence-corrected chi connectivity index (χ0v) is 14.7. The molecule has 0 unspecified atom stereocenters. The van der Waals surface area contributed by atoms with Gasteiger partial charge in [0.2, 0.25) is 5.56 Å². The number of aromatic amines is 1. The number of anilines is 1. The van der Waals surface area contributed by atoms with E-state index in [9.17, 15) is 4.79 Å². The third-order valence-corrected chi connectivity index (χ3v) is 5.52. The molecule has 2 aromatic heterocycles. The fraction of sp³-hybridized carbons (Fsp3) is 0.263. The molecule has 0 aliphatic carbocycles. The van der Waals surface area contributed by atoms with E-state index < -0.39 is 0 Å². The van der Waals surface area contributed by atoms with Crippen LogP contribution in [-0.2, 0) is 12.8 Å². The average molecular weight is 352 g/mol. The minimum absolute atomic E-state index is 0.0679. The fourth-order valence-electron chi connectivity index (χ4n) is 3.23. The number of nitrogens with one attached hydrogen (secondary N) is 1. The molecule has 0 amide bonds. The standard InChI is InChI=1S/C19H20N4OS/c20-19-22-16-7-10-23(11-8-17(16)25-19)9-1-2-13-3-5-15-14(12-13)4-6-18(24)21-15/h1-6,12H,7-11H2,(H2,20,22)(H,21,24). The third-order valence-electron chi connectivity index (χ3n) is 4.54. The summed E-state index contributed by atoms with van der Waals surface area (Å²) in [6.45, 7) is 2.98. The second-order valence-corrected chi connectivity index (χ2v) is 7.41. The Bertz CT molecular complexity index is 963. The number of nitrogens with zero attached hydrogens (tertiary/aromatic N) is 2. The SMILES string of the molecule is Nc1nc2c(s1)CCN(CC=Cc1ccc3[nH]c(=O)ccc3c1)CC2. The number of rotatable bonds is 3. The van der Waals surface area contributed by atoms with Crippen LogP contribution in [0.15, 0.2) is 41.2 Å². The summed E-state index contributed by atoms with van der Waals surface area (Å²) in [4.78, 5) is 22.4. The number of nitrogen functional groups attached to an aromatic ring is 1. The third kappa shape index (κ3) is 3.65. The highest BCUT2D eigenvalue weighted by Crippen LogP contribution is 2.24. The second-order valence-electron chi connectivity index (χ2n) is 6.29. The van der Waals surface area contributed by atoms with E-state index in [1.165, 1.54) is 10.6 Å². The summed E-state index contributed by atoms with van der Waals surface area (Å²) in [5, 5.41) is 1.74. The van der Waals surface area contributed by atoms with Crippen molar-refractivity contribution in [1.82, 2.24) is 14.9 Å². The quantitative estimate of drug-likeness (QED) is 0.760. The van der Waals surface area contributed by atoms with Crippen molar-refractivity contribution >= 4 is 33.4 Å². The van der Waals surface area contributed by atoms with Gasteiger partial charge < -0.3 is 10.7 Å². The summed E-state index contributed by atoms with van der Waals surface area (Å²) in [5.41, 5.74) is 8.92. The molecule has 1 aromatic carbocycles. The molecule has 3 heterocycles. The number of H-pyrrole nitrogens is 1. The van der Waals surface area contributed by atoms with Crippen LogP contribution in [0.4, 0.5) is 5.13 Å². The van der Waals surface area contributed by atoms with Crippen LogP contribution in [0.2, 0.25) is 0 Å². The molecule has 5 nitrogen and oxygen atoms in total. The normalized spacial score (nSPS) is 15.5. The van der Waals surface area contributed by atoms with Crippen LogP contribution in [0.5, 0.6) is 0 Å². The summed E-state index contributed by atoms with van der Waals surface area (Å²) >= 11 is 1.63. The van der Waals surface area contributed by atoms with Crippen molar-refractivity contribution in [2.75, 3.05) is 25.4 Å². The molecule has 0 bridgehead atoms. The number of nitrogens with two attached hydrogens (primary N) is 1. The van der Waals surface area contributed by atoms with E-state index in [0.29, 0.717) is 5.13 Å². The van der Waals surface area contributed by atoms with Crippen molar-refractivity contribution in [2.24, 2.45) is 0 Å². The van der Waals surface area contributed by atoms with Gasteiger partial charge in [0.15, 0.2) is 5.13 Å². The minimum Gasteiger partial charge on any atom is -0.375 e. The van der Waals surface area contributed by atoms with Crippen LogP contribution < -0.4 is 11.3 Å². The molecule has 25 heavy (non-hydrogen) atoms. The second kappa shape index (κ2) is 6.82. The maximum absolute atomic E-state index is 11.3. The van der Waals surface area contributed by atoms with Gasteiger partial charge in [0.25, 0.3) is 0 Å². The lowest BCUT2D eigenvalue weighted by molar-refractivity contribution is 0.318. The lowest BCUT2D eigenvalue weighted by Crippen LogP contribution is -2.26. The number of benzene rings is 1. The van der Waals surface area contributed by atoms with Crippen molar-refractivity contribution in [3.8, 4) is 0 Å². The first-order valence-corrected chi connectivity index (χ1v) is 9.25. The van der Waals surface area contributed by atoms with Crippen molar-refractivity contribution < 1.29 is 0 Å². The first-order valence-electron chi connectivity index (χ1n) is 8.43. The molecule has 128 valence electrons. The lowest BCUT2D eigenvalue weighted by atomic mass is 10.1. The van der Waals surface area contributed by atoms with E-state index in [2.05, 4.69) is 33.1 Å². The molecule has 0 saturated carbocycles. The van der Waals surface area contributed by atoms with Crippen LogP contribution in [-0.4, -0.2) is 34.5 Å². The van der Waals surface area contributed by atoms with Crippen LogP contribution in [0, 0.1) is 0 Å². The Morgan fingerprint density at radius 2 is 2.12 bits per heavy atom. The molecule has 0 atom stereocenters. The van der Waals surface area contributed by atoms with Gasteiger partial charge in [0.1, 0.15) is 0 Å².